The van der Waals surface area contributed by atoms with E-state index in [1.54, 1.807) is 7.11 Å². The van der Waals surface area contributed by atoms with Crippen molar-refractivity contribution < 1.29 is 4.74 Å². The molecule has 1 heterocycles. The third kappa shape index (κ3) is 3.57. The number of rotatable bonds is 5. The van der Waals surface area contributed by atoms with Crippen molar-refractivity contribution in [3.05, 3.63) is 65.7 Å². The fourth-order valence-corrected chi connectivity index (χ4v) is 3.92. The molecule has 1 aliphatic heterocycles. The van der Waals surface area contributed by atoms with Crippen molar-refractivity contribution in [3.63, 3.8) is 0 Å². The summed E-state index contributed by atoms with van der Waals surface area (Å²) in [6, 6.07) is 17.2. The topological polar surface area (TPSA) is 15.7 Å². The van der Waals surface area contributed by atoms with E-state index in [4.69, 9.17) is 4.74 Å². The van der Waals surface area contributed by atoms with Crippen molar-refractivity contribution >= 4 is 11.8 Å². The Morgan fingerprint density at radius 1 is 0.960 bits per heavy atom. The molecule has 1 saturated heterocycles. The first-order valence-electron chi connectivity index (χ1n) is 9.22. The van der Waals surface area contributed by atoms with Gasteiger partial charge in [0.1, 0.15) is 5.75 Å². The summed E-state index contributed by atoms with van der Waals surface area (Å²) >= 11 is 0. The number of anilines is 1. The fourth-order valence-electron chi connectivity index (χ4n) is 3.92. The molecule has 0 saturated carbocycles. The second-order valence-electron chi connectivity index (χ2n) is 6.91. The maximum absolute atomic E-state index is 5.25. The third-order valence-corrected chi connectivity index (χ3v) is 5.47. The standard InChI is InChI=1S/C22H26N2O/c1-25-21-10-8-20(9-11-21)24-16-14-23(15-17-24)13-12-19-7-6-18-4-2-3-5-22(18)19/h2-11,19H,12-17H2,1H3. The molecule has 0 spiro atoms. The lowest BCUT2D eigenvalue weighted by Crippen LogP contribution is -2.46. The summed E-state index contributed by atoms with van der Waals surface area (Å²) < 4.78 is 5.25. The summed E-state index contributed by atoms with van der Waals surface area (Å²) in [5.41, 5.74) is 4.20. The number of allylic oxidation sites excluding steroid dienone is 1. The highest BCUT2D eigenvalue weighted by molar-refractivity contribution is 5.62. The van der Waals surface area contributed by atoms with Crippen molar-refractivity contribution in [2.45, 2.75) is 12.3 Å². The number of methoxy groups -OCH3 is 1. The molecule has 0 radical (unpaired) electrons. The van der Waals surface area contributed by atoms with Crippen LogP contribution in [0.4, 0.5) is 5.69 Å². The minimum atomic E-state index is 0.593. The Hall–Kier alpha value is -2.26. The van der Waals surface area contributed by atoms with Crippen molar-refractivity contribution in [1.82, 2.24) is 4.90 Å². The van der Waals surface area contributed by atoms with Crippen molar-refractivity contribution in [2.75, 3.05) is 44.7 Å². The first-order chi connectivity index (χ1) is 12.3. The summed E-state index contributed by atoms with van der Waals surface area (Å²) in [5, 5.41) is 0. The van der Waals surface area contributed by atoms with Gasteiger partial charge in [-0.25, -0.2) is 0 Å². The Morgan fingerprint density at radius 3 is 2.48 bits per heavy atom. The number of fused-ring (bicyclic) bond motifs is 1. The normalized spacial score (nSPS) is 19.9. The largest absolute Gasteiger partial charge is 0.497 e. The molecule has 2 aromatic carbocycles. The molecule has 0 bridgehead atoms. The zero-order chi connectivity index (χ0) is 17.1. The molecule has 1 fully saturated rings. The molecule has 130 valence electrons. The van der Waals surface area contributed by atoms with Crippen molar-refractivity contribution in [3.8, 4) is 5.75 Å². The SMILES string of the molecule is COc1ccc(N2CCN(CCC3C=Cc4ccccc43)CC2)cc1. The Balaban J connectivity index is 1.27. The van der Waals surface area contributed by atoms with Crippen LogP contribution in [0.3, 0.4) is 0 Å². The van der Waals surface area contributed by atoms with Crippen molar-refractivity contribution in [1.29, 1.82) is 0 Å². The predicted molar refractivity (Wildman–Crippen MR) is 104 cm³/mol. The molecule has 0 aromatic heterocycles. The van der Waals surface area contributed by atoms with Gasteiger partial charge >= 0.3 is 0 Å². The van der Waals surface area contributed by atoms with Gasteiger partial charge in [0.2, 0.25) is 0 Å². The van der Waals surface area contributed by atoms with Crippen LogP contribution >= 0.6 is 0 Å². The summed E-state index contributed by atoms with van der Waals surface area (Å²) in [5.74, 6) is 1.52. The molecular formula is C22H26N2O. The monoisotopic (exact) mass is 334 g/mol. The van der Waals surface area contributed by atoms with E-state index in [0.29, 0.717) is 5.92 Å². The first kappa shape index (κ1) is 16.2. The maximum atomic E-state index is 5.25. The maximum Gasteiger partial charge on any atom is 0.119 e. The molecule has 0 N–H and O–H groups in total. The van der Waals surface area contributed by atoms with Crippen LogP contribution in [-0.4, -0.2) is 44.7 Å². The van der Waals surface area contributed by atoms with E-state index in [2.05, 4.69) is 58.4 Å². The third-order valence-electron chi connectivity index (χ3n) is 5.47. The number of nitrogens with zero attached hydrogens (tertiary/aromatic N) is 2. The molecule has 1 atom stereocenters. The zero-order valence-corrected chi connectivity index (χ0v) is 14.9. The number of hydrogen-bond donors (Lipinski definition) is 0. The highest BCUT2D eigenvalue weighted by atomic mass is 16.5. The van der Waals surface area contributed by atoms with Gasteiger partial charge in [-0.05, 0) is 48.4 Å². The van der Waals surface area contributed by atoms with Gasteiger partial charge in [-0.1, -0.05) is 36.4 Å². The Bertz CT molecular complexity index is 730. The predicted octanol–water partition coefficient (Wildman–Crippen LogP) is 4.02. The van der Waals surface area contributed by atoms with Crippen LogP contribution in [0.15, 0.2) is 54.6 Å². The minimum Gasteiger partial charge on any atom is -0.497 e. The lowest BCUT2D eigenvalue weighted by atomic mass is 9.97. The van der Waals surface area contributed by atoms with Crippen LogP contribution in [0.1, 0.15) is 23.5 Å². The average molecular weight is 334 g/mol. The van der Waals surface area contributed by atoms with Gasteiger partial charge in [0.05, 0.1) is 7.11 Å². The molecule has 3 nitrogen and oxygen atoms in total. The fraction of sp³-hybridized carbons (Fsp3) is 0.364. The Kier molecular flexibility index (Phi) is 4.75. The highest BCUT2D eigenvalue weighted by Crippen LogP contribution is 2.32. The van der Waals surface area contributed by atoms with Crippen LogP contribution in [-0.2, 0) is 0 Å². The van der Waals surface area contributed by atoms with Gasteiger partial charge < -0.3 is 9.64 Å². The average Bonchev–Trinajstić information content (AvgIpc) is 3.10. The lowest BCUT2D eigenvalue weighted by Gasteiger charge is -2.36. The van der Waals surface area contributed by atoms with Gasteiger partial charge in [-0.2, -0.15) is 0 Å². The second kappa shape index (κ2) is 7.32. The van der Waals surface area contributed by atoms with E-state index in [1.807, 2.05) is 12.1 Å². The van der Waals surface area contributed by atoms with Crippen LogP contribution in [0.2, 0.25) is 0 Å². The van der Waals surface area contributed by atoms with Crippen LogP contribution in [0, 0.1) is 0 Å². The number of benzene rings is 2. The van der Waals surface area contributed by atoms with Gasteiger partial charge in [0.25, 0.3) is 0 Å². The molecule has 3 heteroatoms. The van der Waals surface area contributed by atoms with E-state index in [1.165, 1.54) is 29.8 Å². The molecule has 0 amide bonds. The lowest BCUT2D eigenvalue weighted by molar-refractivity contribution is 0.252. The summed E-state index contributed by atoms with van der Waals surface area (Å²) in [4.78, 5) is 5.08. The highest BCUT2D eigenvalue weighted by Gasteiger charge is 2.20. The van der Waals surface area contributed by atoms with E-state index < -0.39 is 0 Å². The summed E-state index contributed by atoms with van der Waals surface area (Å²) in [7, 11) is 1.71. The van der Waals surface area contributed by atoms with Crippen LogP contribution in [0.25, 0.3) is 6.08 Å². The quantitative estimate of drug-likeness (QED) is 0.821. The minimum absolute atomic E-state index is 0.593. The van der Waals surface area contributed by atoms with Gasteiger partial charge in [-0.3, -0.25) is 4.90 Å². The Labute approximate surface area is 150 Å². The van der Waals surface area contributed by atoms with Gasteiger partial charge in [0.15, 0.2) is 0 Å². The molecule has 2 aliphatic rings. The summed E-state index contributed by atoms with van der Waals surface area (Å²) in [6.07, 6.45) is 5.87. The second-order valence-corrected chi connectivity index (χ2v) is 6.91. The molecular weight excluding hydrogens is 308 g/mol. The van der Waals surface area contributed by atoms with Crippen LogP contribution in [0.5, 0.6) is 5.75 Å². The zero-order valence-electron chi connectivity index (χ0n) is 14.9. The molecule has 25 heavy (non-hydrogen) atoms. The van der Waals surface area contributed by atoms with Crippen LogP contribution < -0.4 is 9.64 Å². The van der Waals surface area contributed by atoms with E-state index in [9.17, 15) is 0 Å². The van der Waals surface area contributed by atoms with Gasteiger partial charge in [0, 0.05) is 37.8 Å². The number of hydrogen-bond acceptors (Lipinski definition) is 3. The molecule has 4 rings (SSSR count). The van der Waals surface area contributed by atoms with E-state index in [-0.39, 0.29) is 0 Å². The Morgan fingerprint density at radius 2 is 1.72 bits per heavy atom. The molecule has 1 unspecified atom stereocenters. The molecule has 1 aliphatic carbocycles. The number of ether oxygens (including phenoxy) is 1. The van der Waals surface area contributed by atoms with E-state index in [0.717, 1.165) is 31.9 Å². The first-order valence-corrected chi connectivity index (χ1v) is 9.22. The molecule has 2 aromatic rings. The van der Waals surface area contributed by atoms with E-state index >= 15 is 0 Å². The number of piperazine rings is 1. The van der Waals surface area contributed by atoms with Crippen molar-refractivity contribution in [2.24, 2.45) is 0 Å². The summed E-state index contributed by atoms with van der Waals surface area (Å²) in [6.45, 7) is 5.67. The smallest absolute Gasteiger partial charge is 0.119 e. The van der Waals surface area contributed by atoms with Gasteiger partial charge in [-0.15, -0.1) is 0 Å².